The maximum absolute atomic E-state index is 11.8. The third kappa shape index (κ3) is 2.89. The molecule has 1 amide bonds. The number of hydrogen-bond donors (Lipinski definition) is 1. The van der Waals surface area contributed by atoms with Crippen molar-refractivity contribution in [2.75, 3.05) is 6.61 Å². The van der Waals surface area contributed by atoms with Crippen LogP contribution in [-0.2, 0) is 4.74 Å². The Balaban J connectivity index is 4.14. The Morgan fingerprint density at radius 3 is 1.92 bits per heavy atom. The van der Waals surface area contributed by atoms with E-state index in [0.717, 1.165) is 0 Å². The summed E-state index contributed by atoms with van der Waals surface area (Å²) in [4.78, 5) is 9.67. The van der Waals surface area contributed by atoms with Gasteiger partial charge in [0.05, 0.1) is 0 Å². The molecule has 0 aromatic carbocycles. The minimum atomic E-state index is -5.73. The van der Waals surface area contributed by atoms with E-state index in [0.29, 0.717) is 0 Å². The number of halogens is 5. The first-order chi connectivity index (χ1) is 5.17. The van der Waals surface area contributed by atoms with Gasteiger partial charge in [-0.05, 0) is 0 Å². The average molecular weight is 193 g/mol. The molecule has 0 bridgehead atoms. The number of amides is 1. The van der Waals surface area contributed by atoms with E-state index in [1.54, 1.807) is 0 Å². The molecule has 3 nitrogen and oxygen atoms in total. The highest BCUT2D eigenvalue weighted by molar-refractivity contribution is 5.64. The third-order valence-corrected chi connectivity index (χ3v) is 0.810. The second-order valence-corrected chi connectivity index (χ2v) is 1.81. The topological polar surface area (TPSA) is 52.3 Å². The second-order valence-electron chi connectivity index (χ2n) is 1.81. The lowest BCUT2D eigenvalue weighted by atomic mass is 10.3. The maximum Gasteiger partial charge on any atom is 0.456 e. The summed E-state index contributed by atoms with van der Waals surface area (Å²) >= 11 is 0. The van der Waals surface area contributed by atoms with E-state index in [1.807, 2.05) is 0 Å². The predicted octanol–water partition coefficient (Wildman–Crippen LogP) is 1.28. The molecular formula is C4H4F5NO2. The van der Waals surface area contributed by atoms with Crippen LogP contribution in [0.3, 0.4) is 0 Å². The van der Waals surface area contributed by atoms with Crippen LogP contribution in [0.25, 0.3) is 0 Å². The van der Waals surface area contributed by atoms with E-state index in [-0.39, 0.29) is 0 Å². The highest BCUT2D eigenvalue weighted by Gasteiger charge is 2.58. The summed E-state index contributed by atoms with van der Waals surface area (Å²) in [6, 6.07) is 0. The van der Waals surface area contributed by atoms with Crippen molar-refractivity contribution in [3.63, 3.8) is 0 Å². The molecular weight excluding hydrogens is 189 g/mol. The van der Waals surface area contributed by atoms with E-state index < -0.39 is 24.8 Å². The van der Waals surface area contributed by atoms with Crippen LogP contribution in [0, 0.1) is 0 Å². The number of ether oxygens (including phenoxy) is 1. The van der Waals surface area contributed by atoms with Gasteiger partial charge in [0.25, 0.3) is 0 Å². The smallest absolute Gasteiger partial charge is 0.443 e. The summed E-state index contributed by atoms with van der Waals surface area (Å²) in [5.41, 5.74) is 4.18. The van der Waals surface area contributed by atoms with Crippen LogP contribution in [0.5, 0.6) is 0 Å². The summed E-state index contributed by atoms with van der Waals surface area (Å²) in [6.07, 6.45) is -7.42. The lowest BCUT2D eigenvalue weighted by molar-refractivity contribution is -0.291. The number of nitrogens with two attached hydrogens (primary N) is 1. The fourth-order valence-electron chi connectivity index (χ4n) is 0.244. The monoisotopic (exact) mass is 193 g/mol. The largest absolute Gasteiger partial charge is 0.456 e. The second kappa shape index (κ2) is 3.11. The lowest BCUT2D eigenvalue weighted by Gasteiger charge is -2.18. The summed E-state index contributed by atoms with van der Waals surface area (Å²) in [7, 11) is 0. The number of carbonyl (C=O) groups is 1. The molecule has 72 valence electrons. The van der Waals surface area contributed by atoms with E-state index in [1.165, 1.54) is 0 Å². The summed E-state index contributed by atoms with van der Waals surface area (Å²) in [5.74, 6) is -5.05. The first-order valence-corrected chi connectivity index (χ1v) is 2.53. The molecule has 0 rings (SSSR count). The van der Waals surface area contributed by atoms with E-state index in [9.17, 15) is 26.7 Å². The molecule has 0 atom stereocenters. The minimum absolute atomic E-state index is 1.68. The normalized spacial score (nSPS) is 12.8. The molecule has 0 saturated carbocycles. The van der Waals surface area contributed by atoms with Crippen LogP contribution in [-0.4, -0.2) is 24.8 Å². The molecule has 12 heavy (non-hydrogen) atoms. The van der Waals surface area contributed by atoms with E-state index in [2.05, 4.69) is 10.5 Å². The highest BCUT2D eigenvalue weighted by Crippen LogP contribution is 2.35. The van der Waals surface area contributed by atoms with E-state index >= 15 is 0 Å². The molecule has 0 radical (unpaired) electrons. The summed E-state index contributed by atoms with van der Waals surface area (Å²) in [5, 5.41) is 0. The zero-order chi connectivity index (χ0) is 9.99. The van der Waals surface area contributed by atoms with Gasteiger partial charge < -0.3 is 10.5 Å². The van der Waals surface area contributed by atoms with Gasteiger partial charge in [-0.15, -0.1) is 0 Å². The van der Waals surface area contributed by atoms with Crippen LogP contribution < -0.4 is 5.73 Å². The standard InChI is InChI=1S/C4H4F5NO2/c5-3(6,4(7,8)9)1-12-2(10)11/h1H2,(H2,10,11). The number of rotatable bonds is 2. The van der Waals surface area contributed by atoms with Crippen molar-refractivity contribution in [1.82, 2.24) is 0 Å². The number of hydrogen-bond acceptors (Lipinski definition) is 2. The van der Waals surface area contributed by atoms with Crippen LogP contribution in [0.2, 0.25) is 0 Å². The molecule has 2 N–H and O–H groups in total. The molecule has 0 aliphatic carbocycles. The van der Waals surface area contributed by atoms with Crippen molar-refractivity contribution < 1.29 is 31.5 Å². The highest BCUT2D eigenvalue weighted by atomic mass is 19.4. The van der Waals surface area contributed by atoms with Gasteiger partial charge in [0, 0.05) is 0 Å². The molecule has 0 aromatic rings. The summed E-state index contributed by atoms with van der Waals surface area (Å²) < 4.78 is 60.9. The van der Waals surface area contributed by atoms with Crippen molar-refractivity contribution in [2.45, 2.75) is 12.1 Å². The van der Waals surface area contributed by atoms with E-state index in [4.69, 9.17) is 0 Å². The predicted molar refractivity (Wildman–Crippen MR) is 26.5 cm³/mol. The van der Waals surface area contributed by atoms with Crippen molar-refractivity contribution in [3.8, 4) is 0 Å². The SMILES string of the molecule is NC(=O)OCC(F)(F)C(F)(F)F. The Kier molecular flexibility index (Phi) is 2.83. The van der Waals surface area contributed by atoms with Crippen molar-refractivity contribution in [2.24, 2.45) is 5.73 Å². The molecule has 0 fully saturated rings. The molecule has 0 saturated heterocycles. The number of carbonyl (C=O) groups excluding carboxylic acids is 1. The van der Waals surface area contributed by atoms with Crippen molar-refractivity contribution >= 4 is 6.09 Å². The molecule has 0 heterocycles. The van der Waals surface area contributed by atoms with Gasteiger partial charge in [-0.3, -0.25) is 0 Å². The zero-order valence-electron chi connectivity index (χ0n) is 5.49. The fourth-order valence-corrected chi connectivity index (χ4v) is 0.244. The van der Waals surface area contributed by atoms with Gasteiger partial charge in [-0.1, -0.05) is 0 Å². The molecule has 0 aliphatic heterocycles. The van der Waals surface area contributed by atoms with Crippen molar-refractivity contribution in [3.05, 3.63) is 0 Å². The van der Waals surface area contributed by atoms with Crippen LogP contribution in [0.15, 0.2) is 0 Å². The Morgan fingerprint density at radius 1 is 1.25 bits per heavy atom. The molecule has 8 heteroatoms. The Bertz CT molecular complexity index is 177. The summed E-state index contributed by atoms with van der Waals surface area (Å²) in [6.45, 7) is -2.09. The third-order valence-electron chi connectivity index (χ3n) is 0.810. The lowest BCUT2D eigenvalue weighted by Crippen LogP contribution is -2.41. The van der Waals surface area contributed by atoms with Crippen molar-refractivity contribution in [1.29, 1.82) is 0 Å². The van der Waals surface area contributed by atoms with Crippen LogP contribution in [0.1, 0.15) is 0 Å². The average Bonchev–Trinajstić information content (AvgIpc) is 1.81. The molecule has 0 unspecified atom stereocenters. The zero-order valence-corrected chi connectivity index (χ0v) is 5.49. The van der Waals surface area contributed by atoms with Gasteiger partial charge in [-0.2, -0.15) is 22.0 Å². The molecule has 0 aliphatic rings. The Hall–Kier alpha value is -1.08. The minimum Gasteiger partial charge on any atom is -0.443 e. The van der Waals surface area contributed by atoms with Gasteiger partial charge in [0.15, 0.2) is 6.61 Å². The fraction of sp³-hybridized carbons (Fsp3) is 0.750. The Labute approximate surface area is 63.3 Å². The van der Waals surface area contributed by atoms with Gasteiger partial charge >= 0.3 is 18.2 Å². The Morgan fingerprint density at radius 2 is 1.67 bits per heavy atom. The first kappa shape index (κ1) is 10.9. The van der Waals surface area contributed by atoms with Gasteiger partial charge in [0.1, 0.15) is 0 Å². The van der Waals surface area contributed by atoms with Gasteiger partial charge in [-0.25, -0.2) is 4.79 Å². The molecule has 0 aromatic heterocycles. The van der Waals surface area contributed by atoms with Crippen LogP contribution in [0.4, 0.5) is 26.7 Å². The van der Waals surface area contributed by atoms with Gasteiger partial charge in [0.2, 0.25) is 0 Å². The van der Waals surface area contributed by atoms with Crippen LogP contribution >= 0.6 is 0 Å². The maximum atomic E-state index is 11.8. The molecule has 0 spiro atoms. The quantitative estimate of drug-likeness (QED) is 0.671. The number of primary amides is 1. The first-order valence-electron chi connectivity index (χ1n) is 2.53. The number of alkyl halides is 5.